The lowest BCUT2D eigenvalue weighted by molar-refractivity contribution is -0.306. The highest BCUT2D eigenvalue weighted by molar-refractivity contribution is 5.80. The van der Waals surface area contributed by atoms with E-state index >= 15 is 0 Å². The van der Waals surface area contributed by atoms with Crippen molar-refractivity contribution < 1.29 is 34.7 Å². The molecule has 34 heavy (non-hydrogen) atoms. The number of allylic oxidation sites excluding steroid dienone is 1. The van der Waals surface area contributed by atoms with Gasteiger partial charge in [-0.05, 0) is 82.5 Å². The van der Waals surface area contributed by atoms with Crippen molar-refractivity contribution in [2.75, 3.05) is 0 Å². The molecule has 5 aliphatic rings. The topological polar surface area (TPSA) is 116 Å². The van der Waals surface area contributed by atoms with Crippen LogP contribution < -0.4 is 0 Å². The van der Waals surface area contributed by atoms with E-state index in [2.05, 4.69) is 19.9 Å². The molecule has 0 amide bonds. The second-order valence-electron chi connectivity index (χ2n) is 12.4. The number of carbonyl (C=O) groups excluding carboxylic acids is 1. The molecule has 0 bridgehead atoms. The number of rotatable bonds is 3. The number of ether oxygens (including phenoxy) is 2. The van der Waals surface area contributed by atoms with Crippen LogP contribution in [0.2, 0.25) is 0 Å². The second-order valence-corrected chi connectivity index (χ2v) is 12.4. The first kappa shape index (κ1) is 24.8. The Labute approximate surface area is 202 Å². The molecule has 7 heteroatoms. The van der Waals surface area contributed by atoms with Crippen LogP contribution in [0, 0.1) is 28.6 Å². The van der Waals surface area contributed by atoms with Gasteiger partial charge in [0.2, 0.25) is 0 Å². The standard InChI is InChI=1S/C27H42O7/c1-14(28)18-9-12-27(32)20-6-5-16-13-17(34-24-23(31)22(30)21(29)15(2)33-24)7-10-25(16,3)19(20)8-11-26(18,27)4/h5,15,17-24,29-32H,6-13H2,1-4H3/t15-,17-,18+,19+,20+,21+,22+,23-,24-,25-,26+,27-/m0/s1. The number of aliphatic hydroxyl groups is 4. The monoisotopic (exact) mass is 478 g/mol. The van der Waals surface area contributed by atoms with E-state index in [0.717, 1.165) is 44.9 Å². The van der Waals surface area contributed by atoms with Gasteiger partial charge < -0.3 is 29.9 Å². The molecule has 0 spiro atoms. The van der Waals surface area contributed by atoms with E-state index in [9.17, 15) is 25.2 Å². The molecular formula is C27H42O7. The van der Waals surface area contributed by atoms with Crippen LogP contribution in [-0.2, 0) is 14.3 Å². The third-order valence-electron chi connectivity index (χ3n) is 10.9. The fourth-order valence-corrected chi connectivity index (χ4v) is 8.68. The Hall–Kier alpha value is -0.830. The second kappa shape index (κ2) is 8.35. The van der Waals surface area contributed by atoms with Crippen molar-refractivity contribution in [3.8, 4) is 0 Å². The molecule has 0 aromatic carbocycles. The fraction of sp³-hybridized carbons (Fsp3) is 0.889. The summed E-state index contributed by atoms with van der Waals surface area (Å²) in [6.45, 7) is 7.83. The minimum Gasteiger partial charge on any atom is -0.389 e. The van der Waals surface area contributed by atoms with Gasteiger partial charge in [0.15, 0.2) is 6.29 Å². The number of fused-ring (bicyclic) bond motifs is 5. The van der Waals surface area contributed by atoms with Gasteiger partial charge >= 0.3 is 0 Å². The lowest BCUT2D eigenvalue weighted by Crippen LogP contribution is -2.61. The van der Waals surface area contributed by atoms with Crippen molar-refractivity contribution in [2.24, 2.45) is 28.6 Å². The SMILES string of the molecule is CC(=O)[C@H]1CC[C@]2(O)[C@@H]3CC=C4C[C@@H](O[C@@H]5O[C@@H](C)[C@@H](O)[C@@H](O)[C@@H]5O)CC[C@]4(C)[C@@H]3CC[C@]12C. The summed E-state index contributed by atoms with van der Waals surface area (Å²) in [6.07, 6.45) is 3.60. The van der Waals surface area contributed by atoms with Gasteiger partial charge in [-0.2, -0.15) is 0 Å². The van der Waals surface area contributed by atoms with Gasteiger partial charge in [0.1, 0.15) is 24.1 Å². The molecule has 4 aliphatic carbocycles. The van der Waals surface area contributed by atoms with Gasteiger partial charge in [0, 0.05) is 11.3 Å². The van der Waals surface area contributed by atoms with Crippen molar-refractivity contribution >= 4 is 5.78 Å². The third-order valence-corrected chi connectivity index (χ3v) is 10.9. The maximum absolute atomic E-state index is 12.4. The zero-order valence-electron chi connectivity index (χ0n) is 20.9. The van der Waals surface area contributed by atoms with Gasteiger partial charge in [-0.1, -0.05) is 25.5 Å². The molecule has 1 aliphatic heterocycles. The summed E-state index contributed by atoms with van der Waals surface area (Å²) in [5.74, 6) is 0.722. The number of carbonyl (C=O) groups is 1. The summed E-state index contributed by atoms with van der Waals surface area (Å²) in [7, 11) is 0. The molecule has 0 unspecified atom stereocenters. The van der Waals surface area contributed by atoms with Gasteiger partial charge in [-0.25, -0.2) is 0 Å². The Morgan fingerprint density at radius 3 is 2.47 bits per heavy atom. The molecule has 5 rings (SSSR count). The fourth-order valence-electron chi connectivity index (χ4n) is 8.68. The van der Waals surface area contributed by atoms with Crippen LogP contribution in [-0.4, -0.2) is 68.6 Å². The average molecular weight is 479 g/mol. The summed E-state index contributed by atoms with van der Waals surface area (Å²) in [6, 6.07) is 0. The Morgan fingerprint density at radius 1 is 1.03 bits per heavy atom. The quantitative estimate of drug-likeness (QED) is 0.461. The van der Waals surface area contributed by atoms with Crippen LogP contribution in [0.4, 0.5) is 0 Å². The minimum atomic E-state index is -1.29. The van der Waals surface area contributed by atoms with Crippen molar-refractivity contribution in [3.63, 3.8) is 0 Å². The summed E-state index contributed by atoms with van der Waals surface area (Å²) in [5.41, 5.74) is 0.219. The number of Topliss-reactive ketones (excluding diaryl/α,β-unsaturated/α-hetero) is 1. The van der Waals surface area contributed by atoms with Crippen LogP contribution in [0.15, 0.2) is 11.6 Å². The van der Waals surface area contributed by atoms with Crippen LogP contribution >= 0.6 is 0 Å². The molecule has 4 N–H and O–H groups in total. The Morgan fingerprint density at radius 2 is 1.76 bits per heavy atom. The first-order chi connectivity index (χ1) is 15.9. The highest BCUT2D eigenvalue weighted by Crippen LogP contribution is 2.68. The number of hydrogen-bond donors (Lipinski definition) is 4. The largest absolute Gasteiger partial charge is 0.389 e. The smallest absolute Gasteiger partial charge is 0.186 e. The van der Waals surface area contributed by atoms with E-state index < -0.39 is 36.3 Å². The maximum atomic E-state index is 12.4. The van der Waals surface area contributed by atoms with E-state index in [1.54, 1.807) is 13.8 Å². The Bertz CT molecular complexity index is 858. The van der Waals surface area contributed by atoms with E-state index in [0.29, 0.717) is 12.3 Å². The van der Waals surface area contributed by atoms with E-state index in [1.165, 1.54) is 5.57 Å². The zero-order valence-corrected chi connectivity index (χ0v) is 20.9. The average Bonchev–Trinajstić information content (AvgIpc) is 3.07. The Kier molecular flexibility index (Phi) is 6.10. The van der Waals surface area contributed by atoms with Crippen LogP contribution in [0.3, 0.4) is 0 Å². The van der Waals surface area contributed by atoms with Crippen molar-refractivity contribution in [1.82, 2.24) is 0 Å². The lowest BCUT2D eigenvalue weighted by atomic mass is 9.45. The molecule has 7 nitrogen and oxygen atoms in total. The van der Waals surface area contributed by atoms with Gasteiger partial charge in [0.25, 0.3) is 0 Å². The molecule has 3 saturated carbocycles. The maximum Gasteiger partial charge on any atom is 0.186 e. The molecule has 192 valence electrons. The summed E-state index contributed by atoms with van der Waals surface area (Å²) >= 11 is 0. The van der Waals surface area contributed by atoms with Crippen LogP contribution in [0.25, 0.3) is 0 Å². The predicted octanol–water partition coefficient (Wildman–Crippen LogP) is 2.48. The minimum absolute atomic E-state index is 0.0107. The molecular weight excluding hydrogens is 436 g/mol. The van der Waals surface area contributed by atoms with Crippen LogP contribution in [0.5, 0.6) is 0 Å². The zero-order chi connectivity index (χ0) is 24.6. The van der Waals surface area contributed by atoms with Crippen molar-refractivity contribution in [1.29, 1.82) is 0 Å². The number of ketones is 1. The Balaban J connectivity index is 1.33. The van der Waals surface area contributed by atoms with Crippen molar-refractivity contribution in [2.45, 2.75) is 121 Å². The van der Waals surface area contributed by atoms with E-state index in [-0.39, 0.29) is 34.6 Å². The van der Waals surface area contributed by atoms with Gasteiger partial charge in [0.05, 0.1) is 17.8 Å². The lowest BCUT2D eigenvalue weighted by Gasteiger charge is -2.61. The van der Waals surface area contributed by atoms with E-state index in [4.69, 9.17) is 9.47 Å². The highest BCUT2D eigenvalue weighted by Gasteiger charge is 2.67. The first-order valence-corrected chi connectivity index (χ1v) is 13.2. The summed E-state index contributed by atoms with van der Waals surface area (Å²) in [4.78, 5) is 12.4. The first-order valence-electron chi connectivity index (χ1n) is 13.2. The van der Waals surface area contributed by atoms with E-state index in [1.807, 2.05) is 0 Å². The predicted molar refractivity (Wildman–Crippen MR) is 125 cm³/mol. The molecule has 1 saturated heterocycles. The van der Waals surface area contributed by atoms with Crippen LogP contribution in [0.1, 0.15) is 79.1 Å². The third kappa shape index (κ3) is 3.41. The van der Waals surface area contributed by atoms with Gasteiger partial charge in [-0.15, -0.1) is 0 Å². The molecule has 4 fully saturated rings. The summed E-state index contributed by atoms with van der Waals surface area (Å²) < 4.78 is 11.8. The number of hydrogen-bond acceptors (Lipinski definition) is 7. The normalized spacial score (nSPS) is 55.1. The molecule has 1 heterocycles. The van der Waals surface area contributed by atoms with Gasteiger partial charge in [-0.3, -0.25) is 4.79 Å². The molecule has 12 atom stereocenters. The molecule has 0 aromatic heterocycles. The van der Waals surface area contributed by atoms with Crippen molar-refractivity contribution in [3.05, 3.63) is 11.6 Å². The highest BCUT2D eigenvalue weighted by atomic mass is 16.7. The molecule has 0 aromatic rings. The molecule has 0 radical (unpaired) electrons. The number of aliphatic hydroxyl groups excluding tert-OH is 3. The summed E-state index contributed by atoms with van der Waals surface area (Å²) in [5, 5.41) is 42.5.